The van der Waals surface area contributed by atoms with Gasteiger partial charge in [-0.3, -0.25) is 0 Å². The molecule has 2 aromatic rings. The predicted molar refractivity (Wildman–Crippen MR) is 84.7 cm³/mol. The fourth-order valence-electron chi connectivity index (χ4n) is 3.24. The molecule has 2 heteroatoms. The van der Waals surface area contributed by atoms with E-state index in [2.05, 4.69) is 36.4 Å². The van der Waals surface area contributed by atoms with Crippen molar-refractivity contribution in [1.82, 2.24) is 0 Å². The van der Waals surface area contributed by atoms with E-state index in [-0.39, 0.29) is 0 Å². The second kappa shape index (κ2) is 5.17. The minimum Gasteiger partial charge on any atom is -0.493 e. The number of fused-ring (bicyclic) bond motifs is 2. The number of rotatable bonds is 1. The summed E-state index contributed by atoms with van der Waals surface area (Å²) in [6, 6.07) is 13.3. The molecule has 102 valence electrons. The Morgan fingerprint density at radius 3 is 2.80 bits per heavy atom. The van der Waals surface area contributed by atoms with Crippen molar-refractivity contribution in [2.24, 2.45) is 0 Å². The molecule has 2 aromatic carbocycles. The molecule has 20 heavy (non-hydrogen) atoms. The van der Waals surface area contributed by atoms with E-state index in [1.165, 1.54) is 45.7 Å². The first-order valence-electron chi connectivity index (χ1n) is 7.43. The zero-order chi connectivity index (χ0) is 13.4. The van der Waals surface area contributed by atoms with Crippen LogP contribution < -0.4 is 4.74 Å². The Bertz CT molecular complexity index is 590. The van der Waals surface area contributed by atoms with E-state index in [0.717, 1.165) is 25.2 Å². The SMILES string of the molecule is c1cc2c(c(-c3cccc4c3OCCC4)c1)CCCS2. The van der Waals surface area contributed by atoms with Crippen LogP contribution in [0.3, 0.4) is 0 Å². The largest absolute Gasteiger partial charge is 0.493 e. The van der Waals surface area contributed by atoms with E-state index in [1.807, 2.05) is 11.8 Å². The molecule has 0 saturated heterocycles. The number of para-hydroxylation sites is 1. The van der Waals surface area contributed by atoms with E-state index in [9.17, 15) is 0 Å². The molecule has 0 bridgehead atoms. The molecule has 4 rings (SSSR count). The second-order valence-corrected chi connectivity index (χ2v) is 6.62. The standard InChI is InChI=1S/C18H18OS/c1-5-13-6-3-11-19-18(13)16(8-1)14-7-2-10-17-15(14)9-4-12-20-17/h1-2,5,7-8,10H,3-4,6,9,11-12H2. The lowest BCUT2D eigenvalue weighted by Gasteiger charge is -2.24. The highest BCUT2D eigenvalue weighted by Crippen LogP contribution is 2.42. The van der Waals surface area contributed by atoms with Crippen molar-refractivity contribution >= 4 is 11.8 Å². The molecule has 0 amide bonds. The van der Waals surface area contributed by atoms with Crippen molar-refractivity contribution in [2.45, 2.75) is 30.6 Å². The number of ether oxygens (including phenoxy) is 1. The van der Waals surface area contributed by atoms with Crippen LogP contribution in [0.15, 0.2) is 41.3 Å². The Hall–Kier alpha value is -1.41. The highest BCUT2D eigenvalue weighted by atomic mass is 32.2. The first kappa shape index (κ1) is 12.3. The summed E-state index contributed by atoms with van der Waals surface area (Å²) in [5.74, 6) is 2.38. The topological polar surface area (TPSA) is 9.23 Å². The molecule has 1 nitrogen and oxygen atoms in total. The molecule has 0 aliphatic carbocycles. The maximum atomic E-state index is 5.99. The number of benzene rings is 2. The fraction of sp³-hybridized carbons (Fsp3) is 0.333. The van der Waals surface area contributed by atoms with Gasteiger partial charge in [0.1, 0.15) is 5.75 Å². The Morgan fingerprint density at radius 1 is 0.900 bits per heavy atom. The summed E-state index contributed by atoms with van der Waals surface area (Å²) in [5.41, 5.74) is 5.57. The van der Waals surface area contributed by atoms with Gasteiger partial charge in [-0.25, -0.2) is 0 Å². The minimum absolute atomic E-state index is 0.855. The maximum absolute atomic E-state index is 5.99. The number of hydrogen-bond acceptors (Lipinski definition) is 2. The molecule has 2 aliphatic rings. The Morgan fingerprint density at radius 2 is 1.80 bits per heavy atom. The monoisotopic (exact) mass is 282 g/mol. The van der Waals surface area contributed by atoms with Gasteiger partial charge in [-0.05, 0) is 54.2 Å². The molecule has 0 fully saturated rings. The number of hydrogen-bond donors (Lipinski definition) is 0. The molecule has 2 heterocycles. The summed E-state index contributed by atoms with van der Waals surface area (Å²) < 4.78 is 5.99. The van der Waals surface area contributed by atoms with Crippen LogP contribution in [0.2, 0.25) is 0 Å². The van der Waals surface area contributed by atoms with Crippen LogP contribution in [0.1, 0.15) is 24.0 Å². The molecule has 0 spiro atoms. The summed E-state index contributed by atoms with van der Waals surface area (Å²) in [7, 11) is 0. The van der Waals surface area contributed by atoms with E-state index < -0.39 is 0 Å². The molecule has 0 N–H and O–H groups in total. The quantitative estimate of drug-likeness (QED) is 0.748. The average molecular weight is 282 g/mol. The van der Waals surface area contributed by atoms with E-state index in [0.29, 0.717) is 0 Å². The number of aryl methyl sites for hydroxylation is 1. The van der Waals surface area contributed by atoms with Gasteiger partial charge in [0.05, 0.1) is 6.61 Å². The van der Waals surface area contributed by atoms with Gasteiger partial charge in [0.25, 0.3) is 0 Å². The van der Waals surface area contributed by atoms with Crippen LogP contribution >= 0.6 is 11.8 Å². The summed E-state index contributed by atoms with van der Waals surface area (Å²) in [5, 5.41) is 0. The normalized spacial score (nSPS) is 17.0. The summed E-state index contributed by atoms with van der Waals surface area (Å²) in [6.45, 7) is 0.855. The number of thioether (sulfide) groups is 1. The molecule has 0 atom stereocenters. The first-order valence-corrected chi connectivity index (χ1v) is 8.42. The fourth-order valence-corrected chi connectivity index (χ4v) is 4.31. The zero-order valence-electron chi connectivity index (χ0n) is 11.5. The lowest BCUT2D eigenvalue weighted by molar-refractivity contribution is 0.289. The third-order valence-electron chi connectivity index (χ3n) is 4.19. The van der Waals surface area contributed by atoms with E-state index >= 15 is 0 Å². The molecular formula is C18H18OS. The van der Waals surface area contributed by atoms with Gasteiger partial charge in [0.15, 0.2) is 0 Å². The Labute approximate surface area is 124 Å². The Kier molecular flexibility index (Phi) is 3.19. The van der Waals surface area contributed by atoms with Crippen molar-refractivity contribution in [2.75, 3.05) is 12.4 Å². The minimum atomic E-state index is 0.855. The van der Waals surface area contributed by atoms with Crippen LogP contribution in [0.25, 0.3) is 11.1 Å². The average Bonchev–Trinajstić information content (AvgIpc) is 2.54. The van der Waals surface area contributed by atoms with Gasteiger partial charge >= 0.3 is 0 Å². The lowest BCUT2D eigenvalue weighted by atomic mass is 9.93. The van der Waals surface area contributed by atoms with Crippen LogP contribution in [0.5, 0.6) is 5.75 Å². The maximum Gasteiger partial charge on any atom is 0.130 e. The highest BCUT2D eigenvalue weighted by molar-refractivity contribution is 7.99. The van der Waals surface area contributed by atoms with Gasteiger partial charge in [-0.1, -0.05) is 30.3 Å². The van der Waals surface area contributed by atoms with Gasteiger partial charge < -0.3 is 4.74 Å². The van der Waals surface area contributed by atoms with Gasteiger partial charge in [-0.15, -0.1) is 11.8 Å². The zero-order valence-corrected chi connectivity index (χ0v) is 12.3. The molecule has 0 saturated carbocycles. The Balaban J connectivity index is 1.90. The molecule has 0 unspecified atom stereocenters. The first-order chi connectivity index (χ1) is 9.93. The smallest absolute Gasteiger partial charge is 0.130 e. The lowest BCUT2D eigenvalue weighted by Crippen LogP contribution is -2.10. The molecule has 2 aliphatic heterocycles. The summed E-state index contributed by atoms with van der Waals surface area (Å²) >= 11 is 1.99. The third kappa shape index (κ3) is 2.03. The van der Waals surface area contributed by atoms with Crippen molar-refractivity contribution in [3.05, 3.63) is 47.5 Å². The van der Waals surface area contributed by atoms with Crippen LogP contribution in [0, 0.1) is 0 Å². The third-order valence-corrected chi connectivity index (χ3v) is 5.37. The van der Waals surface area contributed by atoms with Gasteiger partial charge in [0, 0.05) is 10.5 Å². The molecule has 0 radical (unpaired) electrons. The van der Waals surface area contributed by atoms with Crippen molar-refractivity contribution < 1.29 is 4.74 Å². The molecular weight excluding hydrogens is 264 g/mol. The summed E-state index contributed by atoms with van der Waals surface area (Å²) in [4.78, 5) is 1.46. The van der Waals surface area contributed by atoms with Gasteiger partial charge in [0.2, 0.25) is 0 Å². The second-order valence-electron chi connectivity index (χ2n) is 5.48. The van der Waals surface area contributed by atoms with E-state index in [1.54, 1.807) is 0 Å². The summed E-state index contributed by atoms with van der Waals surface area (Å²) in [6.07, 6.45) is 4.76. The predicted octanol–water partition coefficient (Wildman–Crippen LogP) is 4.72. The van der Waals surface area contributed by atoms with Crippen LogP contribution in [0.4, 0.5) is 0 Å². The van der Waals surface area contributed by atoms with E-state index in [4.69, 9.17) is 4.74 Å². The van der Waals surface area contributed by atoms with Crippen molar-refractivity contribution in [3.63, 3.8) is 0 Å². The van der Waals surface area contributed by atoms with Crippen molar-refractivity contribution in [1.29, 1.82) is 0 Å². The van der Waals surface area contributed by atoms with Crippen LogP contribution in [-0.2, 0) is 12.8 Å². The van der Waals surface area contributed by atoms with Gasteiger partial charge in [-0.2, -0.15) is 0 Å². The van der Waals surface area contributed by atoms with Crippen LogP contribution in [-0.4, -0.2) is 12.4 Å². The molecule has 0 aromatic heterocycles. The van der Waals surface area contributed by atoms with Crippen molar-refractivity contribution in [3.8, 4) is 16.9 Å². The highest BCUT2D eigenvalue weighted by Gasteiger charge is 2.20.